The summed E-state index contributed by atoms with van der Waals surface area (Å²) in [5.41, 5.74) is -0.532. The molecule has 1 aromatic heterocycles. The van der Waals surface area contributed by atoms with E-state index in [0.29, 0.717) is 23.1 Å². The summed E-state index contributed by atoms with van der Waals surface area (Å²) in [5.74, 6) is -0.172. The number of carbonyl (C=O) groups excluding carboxylic acids is 1. The van der Waals surface area contributed by atoms with Crippen molar-refractivity contribution in [2.45, 2.75) is 24.8 Å². The molecule has 0 bridgehead atoms. The number of hydrogen-bond donors (Lipinski definition) is 2. The standard InChI is InChI=1S/C19H16ClF3N4O2S/c1-2-27-17(12-5-3-4-6-15(12)28)25-26-18(27)30-10-16(29)24-14-9-11(19(21,22)23)7-8-13(14)20/h3-9,28H,2,10H2,1H3,(H,24,29). The number of alkyl halides is 3. The molecule has 1 heterocycles. The highest BCUT2D eigenvalue weighted by atomic mass is 35.5. The van der Waals surface area contributed by atoms with Crippen molar-refractivity contribution in [2.24, 2.45) is 0 Å². The van der Waals surface area contributed by atoms with Crippen molar-refractivity contribution in [1.82, 2.24) is 14.8 Å². The molecule has 2 N–H and O–H groups in total. The van der Waals surface area contributed by atoms with Crippen molar-refractivity contribution in [2.75, 3.05) is 11.1 Å². The van der Waals surface area contributed by atoms with Gasteiger partial charge in [-0.15, -0.1) is 10.2 Å². The number of nitrogens with one attached hydrogen (secondary N) is 1. The first-order valence-electron chi connectivity index (χ1n) is 8.71. The van der Waals surface area contributed by atoms with Crippen molar-refractivity contribution in [3.63, 3.8) is 0 Å². The number of rotatable bonds is 6. The molecular formula is C19H16ClF3N4O2S. The van der Waals surface area contributed by atoms with Crippen molar-refractivity contribution in [3.05, 3.63) is 53.1 Å². The molecule has 0 saturated heterocycles. The highest BCUT2D eigenvalue weighted by molar-refractivity contribution is 7.99. The Kier molecular flexibility index (Phi) is 6.57. The maximum Gasteiger partial charge on any atom is 0.416 e. The smallest absolute Gasteiger partial charge is 0.416 e. The minimum atomic E-state index is -4.55. The average molecular weight is 457 g/mol. The van der Waals surface area contributed by atoms with Crippen molar-refractivity contribution in [1.29, 1.82) is 0 Å². The molecule has 0 aliphatic heterocycles. The summed E-state index contributed by atoms with van der Waals surface area (Å²) in [5, 5.41) is 21.0. The number of benzene rings is 2. The van der Waals surface area contributed by atoms with E-state index in [0.717, 1.165) is 30.0 Å². The van der Waals surface area contributed by atoms with Crippen molar-refractivity contribution >= 4 is 35.0 Å². The molecule has 0 aliphatic rings. The van der Waals surface area contributed by atoms with E-state index in [4.69, 9.17) is 11.6 Å². The molecule has 30 heavy (non-hydrogen) atoms. The molecule has 0 aliphatic carbocycles. The Labute approximate surface area is 179 Å². The van der Waals surface area contributed by atoms with Gasteiger partial charge in [-0.05, 0) is 37.3 Å². The Balaban J connectivity index is 1.72. The number of halogens is 4. The van der Waals surface area contributed by atoms with E-state index >= 15 is 0 Å². The summed E-state index contributed by atoms with van der Waals surface area (Å²) in [6, 6.07) is 9.38. The molecule has 0 fully saturated rings. The van der Waals surface area contributed by atoms with Gasteiger partial charge in [0.25, 0.3) is 0 Å². The molecule has 3 rings (SSSR count). The predicted molar refractivity (Wildman–Crippen MR) is 109 cm³/mol. The number of thioether (sulfide) groups is 1. The number of phenolic OH excluding ortho intramolecular Hbond substituents is 1. The van der Waals surface area contributed by atoms with Crippen LogP contribution in [-0.2, 0) is 17.5 Å². The van der Waals surface area contributed by atoms with E-state index in [1.54, 1.807) is 22.8 Å². The van der Waals surface area contributed by atoms with Gasteiger partial charge in [-0.25, -0.2) is 0 Å². The highest BCUT2D eigenvalue weighted by Gasteiger charge is 2.31. The Morgan fingerprint density at radius 1 is 1.23 bits per heavy atom. The number of hydrogen-bond acceptors (Lipinski definition) is 5. The van der Waals surface area contributed by atoms with Gasteiger partial charge in [-0.1, -0.05) is 35.5 Å². The first kappa shape index (κ1) is 22.0. The molecule has 6 nitrogen and oxygen atoms in total. The second-order valence-electron chi connectivity index (χ2n) is 6.10. The summed E-state index contributed by atoms with van der Waals surface area (Å²) in [6.07, 6.45) is -4.55. The van der Waals surface area contributed by atoms with Crippen LogP contribution in [-0.4, -0.2) is 31.5 Å². The molecule has 3 aromatic rings. The molecule has 11 heteroatoms. The van der Waals surface area contributed by atoms with Gasteiger partial charge in [0, 0.05) is 6.54 Å². The lowest BCUT2D eigenvalue weighted by Gasteiger charge is -2.12. The van der Waals surface area contributed by atoms with E-state index in [2.05, 4.69) is 15.5 Å². The second kappa shape index (κ2) is 8.97. The molecule has 0 radical (unpaired) electrons. The van der Waals surface area contributed by atoms with E-state index in [-0.39, 0.29) is 22.2 Å². The number of para-hydroxylation sites is 1. The highest BCUT2D eigenvalue weighted by Crippen LogP contribution is 2.34. The van der Waals surface area contributed by atoms with Crippen LogP contribution >= 0.6 is 23.4 Å². The van der Waals surface area contributed by atoms with Gasteiger partial charge < -0.3 is 15.0 Å². The first-order chi connectivity index (χ1) is 14.2. The lowest BCUT2D eigenvalue weighted by molar-refractivity contribution is -0.137. The van der Waals surface area contributed by atoms with Crippen LogP contribution in [0.4, 0.5) is 18.9 Å². The maximum atomic E-state index is 12.9. The minimum absolute atomic E-state index is 0.0000796. The summed E-state index contributed by atoms with van der Waals surface area (Å²) in [7, 11) is 0. The van der Waals surface area contributed by atoms with Crippen LogP contribution in [0.25, 0.3) is 11.4 Å². The molecule has 0 saturated carbocycles. The van der Waals surface area contributed by atoms with Gasteiger partial charge >= 0.3 is 6.18 Å². The normalized spacial score (nSPS) is 11.5. The number of aromatic hydroxyl groups is 1. The Hall–Kier alpha value is -2.72. The average Bonchev–Trinajstić information content (AvgIpc) is 3.10. The monoisotopic (exact) mass is 456 g/mol. The van der Waals surface area contributed by atoms with Crippen LogP contribution in [0.3, 0.4) is 0 Å². The first-order valence-corrected chi connectivity index (χ1v) is 10.1. The van der Waals surface area contributed by atoms with E-state index in [1.165, 1.54) is 6.07 Å². The quantitative estimate of drug-likeness (QED) is 0.506. The maximum absolute atomic E-state index is 12.9. The zero-order valence-corrected chi connectivity index (χ0v) is 17.1. The fourth-order valence-electron chi connectivity index (χ4n) is 2.66. The number of aromatic nitrogens is 3. The van der Waals surface area contributed by atoms with E-state index in [9.17, 15) is 23.1 Å². The third kappa shape index (κ3) is 4.88. The lowest BCUT2D eigenvalue weighted by atomic mass is 10.2. The van der Waals surface area contributed by atoms with E-state index in [1.807, 2.05) is 6.92 Å². The fraction of sp³-hybridized carbons (Fsp3) is 0.211. The largest absolute Gasteiger partial charge is 0.507 e. The van der Waals surface area contributed by atoms with Crippen LogP contribution < -0.4 is 5.32 Å². The number of carbonyl (C=O) groups is 1. The van der Waals surface area contributed by atoms with Gasteiger partial charge in [-0.2, -0.15) is 13.2 Å². The predicted octanol–water partition coefficient (Wildman–Crippen LogP) is 5.07. The van der Waals surface area contributed by atoms with E-state index < -0.39 is 17.6 Å². The summed E-state index contributed by atoms with van der Waals surface area (Å²) < 4.78 is 40.3. The number of nitrogens with zero attached hydrogens (tertiary/aromatic N) is 3. The Morgan fingerprint density at radius 3 is 2.63 bits per heavy atom. The second-order valence-corrected chi connectivity index (χ2v) is 7.45. The number of amides is 1. The molecule has 158 valence electrons. The topological polar surface area (TPSA) is 80.0 Å². The zero-order chi connectivity index (χ0) is 21.9. The van der Waals surface area contributed by atoms with Crippen LogP contribution in [0.2, 0.25) is 5.02 Å². The van der Waals surface area contributed by atoms with Crippen LogP contribution in [0.1, 0.15) is 12.5 Å². The minimum Gasteiger partial charge on any atom is -0.507 e. The Morgan fingerprint density at radius 2 is 1.97 bits per heavy atom. The molecule has 0 unspecified atom stereocenters. The molecule has 1 amide bonds. The third-order valence-corrected chi connectivity index (χ3v) is 5.37. The van der Waals surface area contributed by atoms with Crippen LogP contribution in [0, 0.1) is 0 Å². The Bertz CT molecular complexity index is 1070. The van der Waals surface area contributed by atoms with Gasteiger partial charge in [0.05, 0.1) is 27.6 Å². The number of anilines is 1. The third-order valence-electron chi connectivity index (χ3n) is 4.08. The molecule has 0 atom stereocenters. The number of phenols is 1. The fourth-order valence-corrected chi connectivity index (χ4v) is 3.62. The van der Waals surface area contributed by atoms with Gasteiger partial charge in [0.15, 0.2) is 11.0 Å². The molecule has 0 spiro atoms. The molecule has 2 aromatic carbocycles. The van der Waals surface area contributed by atoms with Gasteiger partial charge in [0.1, 0.15) is 5.75 Å². The van der Waals surface area contributed by atoms with Crippen molar-refractivity contribution in [3.8, 4) is 17.1 Å². The van der Waals surface area contributed by atoms with Gasteiger partial charge in [-0.3, -0.25) is 4.79 Å². The van der Waals surface area contributed by atoms with Gasteiger partial charge in [0.2, 0.25) is 5.91 Å². The SMILES string of the molecule is CCn1c(SCC(=O)Nc2cc(C(F)(F)F)ccc2Cl)nnc1-c1ccccc1O. The molecular weight excluding hydrogens is 441 g/mol. The summed E-state index contributed by atoms with van der Waals surface area (Å²) >= 11 is 6.97. The summed E-state index contributed by atoms with van der Waals surface area (Å²) in [4.78, 5) is 12.3. The van der Waals surface area contributed by atoms with Crippen LogP contribution in [0.5, 0.6) is 5.75 Å². The lowest BCUT2D eigenvalue weighted by Crippen LogP contribution is -2.16. The summed E-state index contributed by atoms with van der Waals surface area (Å²) in [6.45, 7) is 2.35. The van der Waals surface area contributed by atoms with Crippen molar-refractivity contribution < 1.29 is 23.1 Å². The zero-order valence-electron chi connectivity index (χ0n) is 15.6. The van der Waals surface area contributed by atoms with Crippen LogP contribution in [0.15, 0.2) is 47.6 Å².